The average molecular weight is 530 g/mol. The SMILES string of the molecule is O=C(c1ccc([C@@H]2SCC(=O)N2CCc2ccccc2)cc1)N1CCN(Cc2ccc3c(c2)OCO3)CC1. The Kier molecular flexibility index (Phi) is 7.25. The van der Waals surface area contributed by atoms with E-state index in [0.717, 1.165) is 43.1 Å². The molecule has 2 saturated heterocycles. The Morgan fingerprint density at radius 1 is 0.868 bits per heavy atom. The third-order valence-corrected chi connectivity index (χ3v) is 8.65. The van der Waals surface area contributed by atoms with E-state index in [2.05, 4.69) is 23.1 Å². The third kappa shape index (κ3) is 5.37. The predicted molar refractivity (Wildman–Crippen MR) is 147 cm³/mol. The first-order valence-electron chi connectivity index (χ1n) is 13.1. The predicted octanol–water partition coefficient (Wildman–Crippen LogP) is 4.19. The van der Waals surface area contributed by atoms with Crippen molar-refractivity contribution in [1.82, 2.24) is 14.7 Å². The molecule has 0 bridgehead atoms. The van der Waals surface area contributed by atoms with Crippen LogP contribution < -0.4 is 9.47 Å². The molecule has 196 valence electrons. The van der Waals surface area contributed by atoms with E-state index in [1.165, 1.54) is 11.1 Å². The van der Waals surface area contributed by atoms with Crippen LogP contribution in [0.4, 0.5) is 0 Å². The van der Waals surface area contributed by atoms with Gasteiger partial charge in [-0.2, -0.15) is 0 Å². The maximum atomic E-state index is 13.2. The molecule has 2 amide bonds. The lowest BCUT2D eigenvalue weighted by molar-refractivity contribution is -0.128. The second kappa shape index (κ2) is 11.1. The Hall–Kier alpha value is -3.49. The Labute approximate surface area is 227 Å². The van der Waals surface area contributed by atoms with Crippen molar-refractivity contribution in [3.63, 3.8) is 0 Å². The summed E-state index contributed by atoms with van der Waals surface area (Å²) in [7, 11) is 0. The topological polar surface area (TPSA) is 62.3 Å². The van der Waals surface area contributed by atoms with Crippen LogP contribution in [0.5, 0.6) is 11.5 Å². The van der Waals surface area contributed by atoms with Gasteiger partial charge in [0.1, 0.15) is 5.37 Å². The van der Waals surface area contributed by atoms with Crippen LogP contribution in [0.15, 0.2) is 72.8 Å². The van der Waals surface area contributed by atoms with Gasteiger partial charge >= 0.3 is 0 Å². The van der Waals surface area contributed by atoms with Gasteiger partial charge in [-0.15, -0.1) is 11.8 Å². The molecular formula is C30H31N3O4S. The highest BCUT2D eigenvalue weighted by Gasteiger charge is 2.32. The van der Waals surface area contributed by atoms with E-state index in [1.54, 1.807) is 11.8 Å². The molecule has 8 heteroatoms. The number of carbonyl (C=O) groups excluding carboxylic acids is 2. The van der Waals surface area contributed by atoms with Crippen molar-refractivity contribution in [2.45, 2.75) is 18.3 Å². The van der Waals surface area contributed by atoms with E-state index in [9.17, 15) is 9.59 Å². The molecular weight excluding hydrogens is 498 g/mol. The zero-order valence-electron chi connectivity index (χ0n) is 21.3. The molecule has 0 aliphatic carbocycles. The molecule has 38 heavy (non-hydrogen) atoms. The fourth-order valence-electron chi connectivity index (χ4n) is 5.25. The van der Waals surface area contributed by atoms with Gasteiger partial charge in [-0.3, -0.25) is 14.5 Å². The highest BCUT2D eigenvalue weighted by molar-refractivity contribution is 8.00. The lowest BCUT2D eigenvalue weighted by atomic mass is 10.1. The van der Waals surface area contributed by atoms with Crippen LogP contribution in [0.2, 0.25) is 0 Å². The summed E-state index contributed by atoms with van der Waals surface area (Å²) >= 11 is 1.66. The lowest BCUT2D eigenvalue weighted by Gasteiger charge is -2.35. The third-order valence-electron chi connectivity index (χ3n) is 7.40. The van der Waals surface area contributed by atoms with Gasteiger partial charge in [-0.05, 0) is 47.4 Å². The van der Waals surface area contributed by atoms with Crippen molar-refractivity contribution in [2.75, 3.05) is 45.3 Å². The van der Waals surface area contributed by atoms with Gasteiger partial charge in [0, 0.05) is 44.8 Å². The minimum atomic E-state index is -0.00455. The Morgan fingerprint density at radius 3 is 2.42 bits per heavy atom. The zero-order chi connectivity index (χ0) is 25.9. The zero-order valence-corrected chi connectivity index (χ0v) is 22.1. The van der Waals surface area contributed by atoms with Crippen molar-refractivity contribution in [1.29, 1.82) is 0 Å². The van der Waals surface area contributed by atoms with Crippen LogP contribution in [0, 0.1) is 0 Å². The number of nitrogens with zero attached hydrogens (tertiary/aromatic N) is 3. The van der Waals surface area contributed by atoms with Crippen LogP contribution in [0.25, 0.3) is 0 Å². The monoisotopic (exact) mass is 529 g/mol. The summed E-state index contributed by atoms with van der Waals surface area (Å²) < 4.78 is 10.9. The number of hydrogen-bond donors (Lipinski definition) is 0. The number of rotatable bonds is 7. The molecule has 6 rings (SSSR count). The first-order valence-corrected chi connectivity index (χ1v) is 14.1. The fraction of sp³-hybridized carbons (Fsp3) is 0.333. The Morgan fingerprint density at radius 2 is 1.63 bits per heavy atom. The van der Waals surface area contributed by atoms with E-state index in [-0.39, 0.29) is 24.0 Å². The summed E-state index contributed by atoms with van der Waals surface area (Å²) in [6.07, 6.45) is 0.834. The number of carbonyl (C=O) groups is 2. The number of fused-ring (bicyclic) bond motifs is 1. The van der Waals surface area contributed by atoms with E-state index in [4.69, 9.17) is 9.47 Å². The molecule has 3 aliphatic heterocycles. The molecule has 7 nitrogen and oxygen atoms in total. The minimum Gasteiger partial charge on any atom is -0.454 e. The number of benzene rings is 3. The van der Waals surface area contributed by atoms with Gasteiger partial charge in [-0.25, -0.2) is 0 Å². The quantitative estimate of drug-likeness (QED) is 0.458. The van der Waals surface area contributed by atoms with Crippen molar-refractivity contribution >= 4 is 23.6 Å². The molecule has 0 radical (unpaired) electrons. The highest BCUT2D eigenvalue weighted by atomic mass is 32.2. The standard InChI is InChI=1S/C30H31N3O4S/c34-28-20-38-30(33(28)13-12-22-4-2-1-3-5-22)25-9-7-24(8-10-25)29(35)32-16-14-31(15-17-32)19-23-6-11-26-27(18-23)37-21-36-26/h1-11,18,30H,12-17,19-21H2/t30-/m0/s1. The second-order valence-corrected chi connectivity index (χ2v) is 10.9. The number of piperazine rings is 1. The minimum absolute atomic E-state index is 0.00455. The van der Waals surface area contributed by atoms with E-state index in [0.29, 0.717) is 31.0 Å². The lowest BCUT2D eigenvalue weighted by Crippen LogP contribution is -2.48. The normalized spacial score (nSPS) is 19.3. The van der Waals surface area contributed by atoms with Crippen molar-refractivity contribution in [2.24, 2.45) is 0 Å². The number of ether oxygens (including phenoxy) is 2. The van der Waals surface area contributed by atoms with Crippen LogP contribution >= 0.6 is 11.8 Å². The molecule has 0 unspecified atom stereocenters. The van der Waals surface area contributed by atoms with Crippen molar-refractivity contribution in [3.05, 3.63) is 95.1 Å². The van der Waals surface area contributed by atoms with Crippen LogP contribution in [0.3, 0.4) is 0 Å². The smallest absolute Gasteiger partial charge is 0.253 e. The first-order chi connectivity index (χ1) is 18.6. The van der Waals surface area contributed by atoms with Crippen molar-refractivity contribution in [3.8, 4) is 11.5 Å². The summed E-state index contributed by atoms with van der Waals surface area (Å²) in [4.78, 5) is 32.1. The second-order valence-electron chi connectivity index (χ2n) is 9.86. The van der Waals surface area contributed by atoms with Crippen LogP contribution in [-0.2, 0) is 17.8 Å². The molecule has 3 aromatic carbocycles. The maximum Gasteiger partial charge on any atom is 0.253 e. The summed E-state index contributed by atoms with van der Waals surface area (Å²) in [5.74, 6) is 2.34. The first kappa shape index (κ1) is 24.8. The molecule has 3 aromatic rings. The molecule has 3 heterocycles. The van der Waals surface area contributed by atoms with Crippen LogP contribution in [-0.4, -0.2) is 71.8 Å². The van der Waals surface area contributed by atoms with Gasteiger partial charge in [0.2, 0.25) is 12.7 Å². The average Bonchev–Trinajstić information content (AvgIpc) is 3.58. The summed E-state index contributed by atoms with van der Waals surface area (Å²) in [6, 6.07) is 24.2. The summed E-state index contributed by atoms with van der Waals surface area (Å²) in [5, 5.41) is -0.00455. The number of amides is 2. The fourth-order valence-corrected chi connectivity index (χ4v) is 6.46. The number of hydrogen-bond acceptors (Lipinski definition) is 6. The summed E-state index contributed by atoms with van der Waals surface area (Å²) in [6.45, 7) is 4.86. The molecule has 2 fully saturated rings. The molecule has 0 spiro atoms. The van der Waals surface area contributed by atoms with Crippen molar-refractivity contribution < 1.29 is 19.1 Å². The van der Waals surface area contributed by atoms with E-state index >= 15 is 0 Å². The van der Waals surface area contributed by atoms with E-state index < -0.39 is 0 Å². The molecule has 0 saturated carbocycles. The van der Waals surface area contributed by atoms with Gasteiger partial charge in [0.05, 0.1) is 5.75 Å². The molecule has 1 atom stereocenters. The highest BCUT2D eigenvalue weighted by Crippen LogP contribution is 2.38. The largest absolute Gasteiger partial charge is 0.454 e. The number of thioether (sulfide) groups is 1. The van der Waals surface area contributed by atoms with Gasteiger partial charge in [-0.1, -0.05) is 48.5 Å². The Balaban J connectivity index is 1.03. The molecule has 0 N–H and O–H groups in total. The Bertz CT molecular complexity index is 1290. The van der Waals surface area contributed by atoms with Gasteiger partial charge in [0.25, 0.3) is 5.91 Å². The van der Waals surface area contributed by atoms with Gasteiger partial charge < -0.3 is 19.3 Å². The van der Waals surface area contributed by atoms with Gasteiger partial charge in [0.15, 0.2) is 11.5 Å². The maximum absolute atomic E-state index is 13.2. The summed E-state index contributed by atoms with van der Waals surface area (Å²) in [5.41, 5.74) is 4.18. The van der Waals surface area contributed by atoms with Crippen LogP contribution in [0.1, 0.15) is 32.4 Å². The van der Waals surface area contributed by atoms with E-state index in [1.807, 2.05) is 64.4 Å². The molecule has 0 aromatic heterocycles. The molecule has 3 aliphatic rings.